The van der Waals surface area contributed by atoms with Gasteiger partial charge in [-0.15, -0.1) is 11.8 Å². The highest BCUT2D eigenvalue weighted by atomic mass is 32.2. The number of fused-ring (bicyclic) bond motifs is 1. The van der Waals surface area contributed by atoms with Gasteiger partial charge in [0.05, 0.1) is 24.8 Å². The quantitative estimate of drug-likeness (QED) is 0.661. The van der Waals surface area contributed by atoms with Crippen molar-refractivity contribution >= 4 is 28.9 Å². The van der Waals surface area contributed by atoms with Crippen LogP contribution < -0.4 is 11.4 Å². The van der Waals surface area contributed by atoms with Gasteiger partial charge in [-0.05, 0) is 6.26 Å². The Bertz CT molecular complexity index is 745. The third-order valence-electron chi connectivity index (χ3n) is 3.61. The predicted octanol–water partition coefficient (Wildman–Crippen LogP) is -0.864. The van der Waals surface area contributed by atoms with Crippen LogP contribution in [0.4, 0.5) is 5.95 Å². The van der Waals surface area contributed by atoms with Crippen LogP contribution in [0.2, 0.25) is 0 Å². The lowest BCUT2D eigenvalue weighted by atomic mass is 10.2. The Balaban J connectivity index is 2.18. The van der Waals surface area contributed by atoms with Crippen LogP contribution in [0.15, 0.2) is 11.0 Å². The van der Waals surface area contributed by atoms with E-state index in [1.165, 1.54) is 27.1 Å². The molecule has 3 rings (SSSR count). The van der Waals surface area contributed by atoms with Crippen LogP contribution in [0.1, 0.15) is 12.6 Å². The molecular weight excluding hydrogens is 310 g/mol. The molecule has 1 fully saturated rings. The Morgan fingerprint density at radius 2 is 2.36 bits per heavy atom. The number of aliphatic hydroxyl groups is 2. The zero-order valence-electron chi connectivity index (χ0n) is 11.9. The number of hydrogen-bond donors (Lipinski definition) is 3. The highest BCUT2D eigenvalue weighted by molar-refractivity contribution is 7.97. The fraction of sp³-hybridized carbons (Fsp3) is 0.583. The number of ether oxygens (including phenoxy) is 1. The number of aliphatic hydroxyl groups excluding tert-OH is 2. The fourth-order valence-electron chi connectivity index (χ4n) is 2.63. The van der Waals surface area contributed by atoms with Crippen LogP contribution in [0.3, 0.4) is 0 Å². The van der Waals surface area contributed by atoms with Gasteiger partial charge in [-0.25, -0.2) is 14.3 Å². The minimum absolute atomic E-state index is 0.0359. The molecule has 1 saturated heterocycles. The highest BCUT2D eigenvalue weighted by Crippen LogP contribution is 2.30. The van der Waals surface area contributed by atoms with Crippen molar-refractivity contribution in [1.29, 1.82) is 0 Å². The van der Waals surface area contributed by atoms with E-state index in [2.05, 4.69) is 9.97 Å². The average Bonchev–Trinajstić information content (AvgIpc) is 2.98. The summed E-state index contributed by atoms with van der Waals surface area (Å²) in [6.45, 7) is -0.219. The largest absolute Gasteiger partial charge is 0.394 e. The Morgan fingerprint density at radius 3 is 3.00 bits per heavy atom. The van der Waals surface area contributed by atoms with Crippen molar-refractivity contribution < 1.29 is 14.9 Å². The monoisotopic (exact) mass is 327 g/mol. The number of nitrogens with zero attached hydrogens (tertiary/aromatic N) is 4. The fourth-order valence-corrected chi connectivity index (χ4v) is 3.14. The first kappa shape index (κ1) is 15.3. The van der Waals surface area contributed by atoms with Crippen molar-refractivity contribution in [3.05, 3.63) is 16.7 Å². The summed E-state index contributed by atoms with van der Waals surface area (Å²) in [6, 6.07) is 0. The number of nitrogens with two attached hydrogens (primary N) is 1. The van der Waals surface area contributed by atoms with Gasteiger partial charge in [0.2, 0.25) is 5.95 Å². The molecule has 1 aliphatic heterocycles. The summed E-state index contributed by atoms with van der Waals surface area (Å²) in [6.07, 6.45) is 1.30. The molecule has 3 heterocycles. The first-order valence-electron chi connectivity index (χ1n) is 6.73. The summed E-state index contributed by atoms with van der Waals surface area (Å²) >= 11 is 1.47. The molecular formula is C12H17N5O4S. The van der Waals surface area contributed by atoms with Gasteiger partial charge in [0.15, 0.2) is 11.9 Å². The van der Waals surface area contributed by atoms with E-state index in [0.717, 1.165) is 0 Å². The van der Waals surface area contributed by atoms with Gasteiger partial charge in [-0.2, -0.15) is 4.98 Å². The van der Waals surface area contributed by atoms with Gasteiger partial charge in [0.25, 0.3) is 0 Å². The molecule has 0 bridgehead atoms. The molecule has 9 nitrogen and oxygen atoms in total. The van der Waals surface area contributed by atoms with Crippen LogP contribution in [0.25, 0.3) is 11.2 Å². The van der Waals surface area contributed by atoms with Gasteiger partial charge in [0.1, 0.15) is 11.6 Å². The van der Waals surface area contributed by atoms with Gasteiger partial charge >= 0.3 is 5.69 Å². The Labute approximate surface area is 129 Å². The molecule has 0 spiro atoms. The Morgan fingerprint density at radius 1 is 1.59 bits per heavy atom. The molecule has 0 saturated carbocycles. The summed E-state index contributed by atoms with van der Waals surface area (Å²) in [5.74, 6) is 0.454. The van der Waals surface area contributed by atoms with E-state index in [-0.39, 0.29) is 24.7 Å². The number of aromatic nitrogens is 4. The van der Waals surface area contributed by atoms with Gasteiger partial charge in [-0.1, -0.05) is 0 Å². The lowest BCUT2D eigenvalue weighted by molar-refractivity contribution is -0.0505. The molecule has 0 aliphatic carbocycles. The van der Waals surface area contributed by atoms with E-state index in [0.29, 0.717) is 17.0 Å². The second kappa shape index (κ2) is 5.88. The van der Waals surface area contributed by atoms with Crippen molar-refractivity contribution in [3.63, 3.8) is 0 Å². The molecule has 0 amide bonds. The molecule has 0 unspecified atom stereocenters. The van der Waals surface area contributed by atoms with E-state index >= 15 is 0 Å². The zero-order valence-corrected chi connectivity index (χ0v) is 12.7. The van der Waals surface area contributed by atoms with Crippen molar-refractivity contribution in [2.75, 3.05) is 18.6 Å². The van der Waals surface area contributed by atoms with Gasteiger partial charge in [-0.3, -0.25) is 4.57 Å². The molecule has 120 valence electrons. The van der Waals surface area contributed by atoms with Crippen LogP contribution in [0, 0.1) is 0 Å². The van der Waals surface area contributed by atoms with Crippen LogP contribution >= 0.6 is 11.8 Å². The molecule has 10 heteroatoms. The summed E-state index contributed by atoms with van der Waals surface area (Å²) < 4.78 is 8.35. The maximum atomic E-state index is 12.7. The number of imidazole rings is 1. The smallest absolute Gasteiger partial charge is 0.333 e. The number of nitrogen functional groups attached to an aromatic ring is 1. The lowest BCUT2D eigenvalue weighted by Crippen LogP contribution is -2.31. The van der Waals surface area contributed by atoms with Crippen molar-refractivity contribution in [3.8, 4) is 0 Å². The molecule has 1 aliphatic rings. The molecule has 4 N–H and O–H groups in total. The molecule has 0 radical (unpaired) electrons. The summed E-state index contributed by atoms with van der Waals surface area (Å²) in [4.78, 5) is 20.7. The molecule has 2 aromatic heterocycles. The average molecular weight is 327 g/mol. The van der Waals surface area contributed by atoms with Crippen molar-refractivity contribution in [2.45, 2.75) is 30.7 Å². The Hall–Kier alpha value is -1.62. The van der Waals surface area contributed by atoms with Crippen molar-refractivity contribution in [1.82, 2.24) is 19.1 Å². The summed E-state index contributed by atoms with van der Waals surface area (Å²) in [7, 11) is 0. The van der Waals surface area contributed by atoms with Crippen LogP contribution in [-0.2, 0) is 10.6 Å². The molecule has 0 aromatic carbocycles. The number of anilines is 1. The first-order valence-corrected chi connectivity index (χ1v) is 8.12. The third-order valence-corrected chi connectivity index (χ3v) is 4.12. The zero-order chi connectivity index (χ0) is 15.9. The predicted molar refractivity (Wildman–Crippen MR) is 81.3 cm³/mol. The molecule has 22 heavy (non-hydrogen) atoms. The SMILES string of the molecule is CSCn1c(=O)n([C@@H]2O[C@H](CO)C[C@H]2O)c2nc(N)ncc21. The van der Waals surface area contributed by atoms with E-state index in [1.54, 1.807) is 0 Å². The second-order valence-corrected chi connectivity index (χ2v) is 5.91. The third kappa shape index (κ3) is 2.37. The maximum absolute atomic E-state index is 12.7. The van der Waals surface area contributed by atoms with Crippen LogP contribution in [0.5, 0.6) is 0 Å². The van der Waals surface area contributed by atoms with Gasteiger partial charge in [0, 0.05) is 6.42 Å². The van der Waals surface area contributed by atoms with Crippen molar-refractivity contribution in [2.24, 2.45) is 0 Å². The van der Waals surface area contributed by atoms with Gasteiger partial charge < -0.3 is 20.7 Å². The molecule has 3 atom stereocenters. The Kier molecular flexibility index (Phi) is 4.08. The first-order chi connectivity index (χ1) is 10.6. The van der Waals surface area contributed by atoms with Crippen LogP contribution in [-0.4, -0.2) is 54.4 Å². The van der Waals surface area contributed by atoms with E-state index in [1.807, 2.05) is 6.26 Å². The van der Waals surface area contributed by atoms with E-state index in [9.17, 15) is 15.0 Å². The van der Waals surface area contributed by atoms with E-state index in [4.69, 9.17) is 10.5 Å². The number of hydrogen-bond acceptors (Lipinski definition) is 8. The standard InChI is InChI=1S/C12H17N5O4S/c1-22-5-16-7-3-14-11(13)15-9(7)17(12(16)20)10-8(19)2-6(4-18)21-10/h3,6,8,10,18-19H,2,4-5H2,1H3,(H2,13,14,15)/t6-,8+,10+/m0/s1. The lowest BCUT2D eigenvalue weighted by Gasteiger charge is -2.15. The number of thioether (sulfide) groups is 1. The minimum Gasteiger partial charge on any atom is -0.394 e. The number of rotatable bonds is 4. The summed E-state index contributed by atoms with van der Waals surface area (Å²) in [5, 5.41) is 19.3. The topological polar surface area (TPSA) is 128 Å². The second-order valence-electron chi connectivity index (χ2n) is 5.07. The molecule has 2 aromatic rings. The highest BCUT2D eigenvalue weighted by Gasteiger charge is 2.37. The van der Waals surface area contributed by atoms with E-state index < -0.39 is 18.4 Å². The summed E-state index contributed by atoms with van der Waals surface area (Å²) in [5.41, 5.74) is 6.10. The normalized spacial score (nSPS) is 25.1. The maximum Gasteiger partial charge on any atom is 0.333 e. The minimum atomic E-state index is -0.903.